The summed E-state index contributed by atoms with van der Waals surface area (Å²) in [5.74, 6) is -1.24. The summed E-state index contributed by atoms with van der Waals surface area (Å²) in [6.45, 7) is -0.150. The highest BCUT2D eigenvalue weighted by atomic mass is 16.7. The SMILES string of the molecule is CN(CNC(=O)On1c(O)ccc1O)C(=O)[C@H](N)Cc1ccccc1. The number of carbonyl (C=O) groups excluding carboxylic acids is 2. The zero-order valence-corrected chi connectivity index (χ0v) is 13.6. The molecule has 2 aromatic rings. The molecule has 9 nitrogen and oxygen atoms in total. The summed E-state index contributed by atoms with van der Waals surface area (Å²) in [7, 11) is 1.48. The molecule has 0 spiro atoms. The molecule has 134 valence electrons. The molecule has 0 aliphatic heterocycles. The monoisotopic (exact) mass is 348 g/mol. The number of aromatic nitrogens is 1. The van der Waals surface area contributed by atoms with Crippen LogP contribution in [0.1, 0.15) is 5.56 Å². The first kappa shape index (κ1) is 18.1. The van der Waals surface area contributed by atoms with E-state index in [2.05, 4.69) is 5.32 Å². The number of hydrogen-bond donors (Lipinski definition) is 4. The van der Waals surface area contributed by atoms with E-state index in [-0.39, 0.29) is 12.6 Å². The van der Waals surface area contributed by atoms with Crippen molar-refractivity contribution in [3.05, 3.63) is 48.0 Å². The second-order valence-electron chi connectivity index (χ2n) is 5.39. The van der Waals surface area contributed by atoms with E-state index in [1.54, 1.807) is 0 Å². The first-order valence-corrected chi connectivity index (χ1v) is 7.49. The highest BCUT2D eigenvalue weighted by Crippen LogP contribution is 2.18. The van der Waals surface area contributed by atoms with Crippen molar-refractivity contribution in [3.8, 4) is 11.8 Å². The van der Waals surface area contributed by atoms with E-state index < -0.39 is 23.9 Å². The molecule has 5 N–H and O–H groups in total. The highest BCUT2D eigenvalue weighted by molar-refractivity contribution is 5.82. The van der Waals surface area contributed by atoms with Crippen LogP contribution in [0.5, 0.6) is 11.8 Å². The molecule has 1 atom stereocenters. The molecular formula is C16H20N4O5. The van der Waals surface area contributed by atoms with Gasteiger partial charge in [0.1, 0.15) is 0 Å². The molecule has 2 amide bonds. The maximum absolute atomic E-state index is 12.2. The van der Waals surface area contributed by atoms with Gasteiger partial charge in [-0.2, -0.15) is 0 Å². The van der Waals surface area contributed by atoms with Crippen molar-refractivity contribution < 1.29 is 24.6 Å². The van der Waals surface area contributed by atoms with E-state index in [4.69, 9.17) is 10.6 Å². The number of benzene rings is 1. The Labute approximate surface area is 144 Å². The van der Waals surface area contributed by atoms with Crippen molar-refractivity contribution in [2.75, 3.05) is 13.7 Å². The topological polar surface area (TPSA) is 130 Å². The number of nitrogens with one attached hydrogen (secondary N) is 1. The zero-order chi connectivity index (χ0) is 18.4. The minimum atomic E-state index is -0.960. The minimum Gasteiger partial charge on any atom is -0.492 e. The maximum Gasteiger partial charge on any atom is 0.433 e. The Morgan fingerprint density at radius 2 is 1.80 bits per heavy atom. The van der Waals surface area contributed by atoms with Gasteiger partial charge in [-0.05, 0) is 12.0 Å². The van der Waals surface area contributed by atoms with E-state index in [0.29, 0.717) is 11.2 Å². The molecule has 1 heterocycles. The molecule has 0 bridgehead atoms. The molecule has 2 rings (SSSR count). The number of carbonyl (C=O) groups is 2. The smallest absolute Gasteiger partial charge is 0.433 e. The van der Waals surface area contributed by atoms with Gasteiger partial charge in [0.25, 0.3) is 0 Å². The zero-order valence-electron chi connectivity index (χ0n) is 13.6. The Kier molecular flexibility index (Phi) is 5.85. The third kappa shape index (κ3) is 4.88. The van der Waals surface area contributed by atoms with Crippen molar-refractivity contribution in [2.45, 2.75) is 12.5 Å². The molecule has 0 fully saturated rings. The van der Waals surface area contributed by atoms with Gasteiger partial charge in [-0.25, -0.2) is 4.79 Å². The summed E-state index contributed by atoms with van der Waals surface area (Å²) < 4.78 is 0.540. The van der Waals surface area contributed by atoms with Crippen LogP contribution in [-0.2, 0) is 11.2 Å². The molecule has 1 aromatic heterocycles. The van der Waals surface area contributed by atoms with Crippen LogP contribution in [0.3, 0.4) is 0 Å². The Bertz CT molecular complexity index is 712. The average Bonchev–Trinajstić information content (AvgIpc) is 2.91. The van der Waals surface area contributed by atoms with Crippen LogP contribution < -0.4 is 15.9 Å². The van der Waals surface area contributed by atoms with E-state index in [9.17, 15) is 19.8 Å². The van der Waals surface area contributed by atoms with Crippen molar-refractivity contribution >= 4 is 12.0 Å². The second-order valence-corrected chi connectivity index (χ2v) is 5.39. The molecule has 1 aromatic carbocycles. The van der Waals surface area contributed by atoms with Gasteiger partial charge in [0.15, 0.2) is 0 Å². The second kappa shape index (κ2) is 8.06. The number of likely N-dealkylation sites (N-methyl/N-ethyl adjacent to an activating group) is 1. The standard InChI is InChI=1S/C16H20N4O5/c1-19(15(23)12(17)9-11-5-3-2-4-6-11)10-18-16(24)25-20-13(21)7-8-14(20)22/h2-8,12,21-22H,9-10,17H2,1H3,(H,18,24)/t12-/m1/s1. The van der Waals surface area contributed by atoms with Crippen molar-refractivity contribution in [3.63, 3.8) is 0 Å². The van der Waals surface area contributed by atoms with E-state index >= 15 is 0 Å². The first-order chi connectivity index (χ1) is 11.9. The number of rotatable bonds is 6. The van der Waals surface area contributed by atoms with Crippen molar-refractivity contribution in [1.82, 2.24) is 14.9 Å². The van der Waals surface area contributed by atoms with Crippen LogP contribution in [0.4, 0.5) is 4.79 Å². The van der Waals surface area contributed by atoms with E-state index in [1.165, 1.54) is 11.9 Å². The van der Waals surface area contributed by atoms with Crippen LogP contribution in [0.25, 0.3) is 0 Å². The number of hydrogen-bond acceptors (Lipinski definition) is 6. The van der Waals surface area contributed by atoms with Crippen LogP contribution >= 0.6 is 0 Å². The fraction of sp³-hybridized carbons (Fsp3) is 0.250. The molecule has 0 aliphatic carbocycles. The van der Waals surface area contributed by atoms with E-state index in [0.717, 1.165) is 17.7 Å². The van der Waals surface area contributed by atoms with Crippen LogP contribution in [-0.4, -0.2) is 51.6 Å². The molecule has 0 aliphatic rings. The first-order valence-electron chi connectivity index (χ1n) is 7.49. The lowest BCUT2D eigenvalue weighted by Gasteiger charge is -2.21. The van der Waals surface area contributed by atoms with Gasteiger partial charge in [0.05, 0.1) is 12.7 Å². The summed E-state index contributed by atoms with van der Waals surface area (Å²) in [5.41, 5.74) is 6.83. The number of nitrogens with two attached hydrogens (primary N) is 1. The van der Waals surface area contributed by atoms with Gasteiger partial charge in [-0.1, -0.05) is 30.3 Å². The third-order valence-electron chi connectivity index (χ3n) is 3.42. The molecule has 25 heavy (non-hydrogen) atoms. The van der Waals surface area contributed by atoms with E-state index in [1.807, 2.05) is 30.3 Å². The van der Waals surface area contributed by atoms with Gasteiger partial charge in [0.2, 0.25) is 17.7 Å². The van der Waals surface area contributed by atoms with Gasteiger partial charge < -0.3 is 31.0 Å². The fourth-order valence-corrected chi connectivity index (χ4v) is 2.11. The molecular weight excluding hydrogens is 328 g/mol. The predicted octanol–water partition coefficient (Wildman–Crippen LogP) is 0.0234. The van der Waals surface area contributed by atoms with Gasteiger partial charge >= 0.3 is 6.09 Å². The molecule has 0 unspecified atom stereocenters. The third-order valence-corrected chi connectivity index (χ3v) is 3.42. The summed E-state index contributed by atoms with van der Waals surface area (Å²) in [6.07, 6.45) is -0.586. The van der Waals surface area contributed by atoms with Gasteiger partial charge in [-0.15, -0.1) is 4.73 Å². The number of nitrogens with zero attached hydrogens (tertiary/aromatic N) is 2. The Balaban J connectivity index is 1.81. The summed E-state index contributed by atoms with van der Waals surface area (Å²) >= 11 is 0. The number of aromatic hydroxyl groups is 2. The van der Waals surface area contributed by atoms with Crippen LogP contribution in [0.15, 0.2) is 42.5 Å². The molecule has 0 radical (unpaired) electrons. The molecule has 9 heteroatoms. The lowest BCUT2D eigenvalue weighted by Crippen LogP contribution is -2.48. The molecule has 0 saturated carbocycles. The van der Waals surface area contributed by atoms with Crippen molar-refractivity contribution in [2.24, 2.45) is 5.73 Å². The summed E-state index contributed by atoms with van der Waals surface area (Å²) in [5, 5.41) is 21.1. The Hall–Kier alpha value is -3.20. The van der Waals surface area contributed by atoms with Crippen LogP contribution in [0, 0.1) is 0 Å². The summed E-state index contributed by atoms with van der Waals surface area (Å²) in [4.78, 5) is 29.8. The van der Waals surface area contributed by atoms with Gasteiger partial charge in [-0.3, -0.25) is 4.79 Å². The normalized spacial score (nSPS) is 11.6. The lowest BCUT2D eigenvalue weighted by atomic mass is 10.1. The van der Waals surface area contributed by atoms with Crippen molar-refractivity contribution in [1.29, 1.82) is 0 Å². The highest BCUT2D eigenvalue weighted by Gasteiger charge is 2.19. The van der Waals surface area contributed by atoms with Crippen LogP contribution in [0.2, 0.25) is 0 Å². The average molecular weight is 348 g/mol. The van der Waals surface area contributed by atoms with Gasteiger partial charge in [0, 0.05) is 19.2 Å². The maximum atomic E-state index is 12.2. The summed E-state index contributed by atoms with van der Waals surface area (Å²) in [6, 6.07) is 10.9. The number of amides is 2. The predicted molar refractivity (Wildman–Crippen MR) is 88.6 cm³/mol. The fourth-order valence-electron chi connectivity index (χ4n) is 2.11. The Morgan fingerprint density at radius 1 is 1.20 bits per heavy atom. The quantitative estimate of drug-likeness (QED) is 0.545. The molecule has 0 saturated heterocycles. The largest absolute Gasteiger partial charge is 0.492 e. The lowest BCUT2D eigenvalue weighted by molar-refractivity contribution is -0.131. The Morgan fingerprint density at radius 3 is 2.40 bits per heavy atom. The minimum absolute atomic E-state index is 0.150.